The predicted octanol–water partition coefficient (Wildman–Crippen LogP) is 1.17. The molecule has 1 aromatic carbocycles. The van der Waals surface area contributed by atoms with Crippen molar-refractivity contribution in [2.75, 3.05) is 13.2 Å². The highest BCUT2D eigenvalue weighted by Gasteiger charge is 2.08. The number of aromatic nitrogens is 3. The average molecular weight is 353 g/mol. The van der Waals surface area contributed by atoms with Crippen LogP contribution in [-0.2, 0) is 11.3 Å². The Morgan fingerprint density at radius 3 is 2.92 bits per heavy atom. The number of rotatable bonds is 7. The first-order valence-corrected chi connectivity index (χ1v) is 8.21. The van der Waals surface area contributed by atoms with Crippen LogP contribution in [0, 0.1) is 0 Å². The Labute approximate surface area is 150 Å². The number of hydrogen-bond donors (Lipinski definition) is 2. The van der Waals surface area contributed by atoms with Gasteiger partial charge in [0.1, 0.15) is 12.1 Å². The van der Waals surface area contributed by atoms with Crippen LogP contribution < -0.4 is 15.4 Å². The molecule has 2 heterocycles. The van der Waals surface area contributed by atoms with Gasteiger partial charge in [-0.15, -0.1) is 10.2 Å². The number of ether oxygens (including phenoxy) is 1. The summed E-state index contributed by atoms with van der Waals surface area (Å²) in [6.45, 7) is 2.72. The second-order valence-corrected chi connectivity index (χ2v) is 5.59. The minimum absolute atomic E-state index is 0.0391. The summed E-state index contributed by atoms with van der Waals surface area (Å²) in [7, 11) is 0. The first kappa shape index (κ1) is 17.4. The van der Waals surface area contributed by atoms with Gasteiger partial charge in [-0.1, -0.05) is 12.1 Å². The van der Waals surface area contributed by atoms with Gasteiger partial charge < -0.3 is 15.4 Å². The van der Waals surface area contributed by atoms with Gasteiger partial charge in [0.15, 0.2) is 12.3 Å². The molecule has 0 fully saturated rings. The molecule has 0 spiro atoms. The van der Waals surface area contributed by atoms with Gasteiger partial charge in [0.2, 0.25) is 0 Å². The molecular formula is C18H19N5O3. The van der Waals surface area contributed by atoms with Crippen molar-refractivity contribution in [3.05, 3.63) is 60.0 Å². The Bertz CT molecular complexity index is 922. The van der Waals surface area contributed by atoms with Gasteiger partial charge in [-0.2, -0.15) is 0 Å². The monoisotopic (exact) mass is 353 g/mol. The number of likely N-dealkylation sites (N-methyl/N-ethyl adjacent to an activating group) is 1. The Morgan fingerprint density at radius 2 is 2.08 bits per heavy atom. The minimum Gasteiger partial charge on any atom is -0.484 e. The van der Waals surface area contributed by atoms with Crippen LogP contribution in [-0.4, -0.2) is 39.6 Å². The summed E-state index contributed by atoms with van der Waals surface area (Å²) in [5.41, 5.74) is 2.07. The maximum absolute atomic E-state index is 12.3. The van der Waals surface area contributed by atoms with Crippen molar-refractivity contribution >= 4 is 17.5 Å². The molecule has 2 amide bonds. The highest BCUT2D eigenvalue weighted by atomic mass is 16.5. The van der Waals surface area contributed by atoms with Gasteiger partial charge in [0, 0.05) is 19.3 Å². The predicted molar refractivity (Wildman–Crippen MR) is 94.8 cm³/mol. The highest BCUT2D eigenvalue weighted by Crippen LogP contribution is 2.13. The maximum atomic E-state index is 12.3. The normalized spacial score (nSPS) is 10.5. The zero-order valence-corrected chi connectivity index (χ0v) is 14.3. The summed E-state index contributed by atoms with van der Waals surface area (Å²) in [6.07, 6.45) is 3.22. The van der Waals surface area contributed by atoms with Crippen LogP contribution in [0.1, 0.15) is 22.8 Å². The lowest BCUT2D eigenvalue weighted by Gasteiger charge is -2.09. The standard InChI is InChI=1S/C18H19N5O3/c1-2-19-17(24)11-26-15-5-3-4-13(8-15)9-20-18(25)14-6-7-16-22-21-12-23(16)10-14/h3-8,10,12H,2,9,11H2,1H3,(H,19,24)(H,20,25). The summed E-state index contributed by atoms with van der Waals surface area (Å²) in [4.78, 5) is 23.7. The molecule has 8 nitrogen and oxygen atoms in total. The van der Waals surface area contributed by atoms with Gasteiger partial charge in [0.25, 0.3) is 11.8 Å². The van der Waals surface area contributed by atoms with Crippen molar-refractivity contribution in [2.24, 2.45) is 0 Å². The number of nitrogens with one attached hydrogen (secondary N) is 2. The van der Waals surface area contributed by atoms with E-state index in [0.29, 0.717) is 30.0 Å². The van der Waals surface area contributed by atoms with Crippen LogP contribution in [0.3, 0.4) is 0 Å². The summed E-state index contributed by atoms with van der Waals surface area (Å²) >= 11 is 0. The van der Waals surface area contributed by atoms with Gasteiger partial charge in [-0.25, -0.2) is 0 Å². The van der Waals surface area contributed by atoms with E-state index in [0.717, 1.165) is 5.56 Å². The lowest BCUT2D eigenvalue weighted by molar-refractivity contribution is -0.122. The Balaban J connectivity index is 1.57. The van der Waals surface area contributed by atoms with Crippen molar-refractivity contribution < 1.29 is 14.3 Å². The van der Waals surface area contributed by atoms with E-state index >= 15 is 0 Å². The highest BCUT2D eigenvalue weighted by molar-refractivity contribution is 5.94. The maximum Gasteiger partial charge on any atom is 0.257 e. The first-order chi connectivity index (χ1) is 12.7. The molecule has 0 bridgehead atoms. The van der Waals surface area contributed by atoms with Crippen molar-refractivity contribution in [1.29, 1.82) is 0 Å². The number of carbonyl (C=O) groups is 2. The van der Waals surface area contributed by atoms with Crippen LogP contribution in [0.15, 0.2) is 48.9 Å². The lowest BCUT2D eigenvalue weighted by atomic mass is 10.2. The van der Waals surface area contributed by atoms with Crippen molar-refractivity contribution in [3.8, 4) is 5.75 Å². The van der Waals surface area contributed by atoms with Gasteiger partial charge >= 0.3 is 0 Å². The quantitative estimate of drug-likeness (QED) is 0.665. The summed E-state index contributed by atoms with van der Waals surface area (Å²) in [5, 5.41) is 13.2. The van der Waals surface area contributed by atoms with E-state index in [2.05, 4.69) is 20.8 Å². The van der Waals surface area contributed by atoms with Crippen LogP contribution >= 0.6 is 0 Å². The lowest BCUT2D eigenvalue weighted by Crippen LogP contribution is -2.28. The number of benzene rings is 1. The molecule has 134 valence electrons. The second-order valence-electron chi connectivity index (χ2n) is 5.59. The number of pyridine rings is 1. The fourth-order valence-electron chi connectivity index (χ4n) is 2.39. The fourth-order valence-corrected chi connectivity index (χ4v) is 2.39. The van der Waals surface area contributed by atoms with Crippen LogP contribution in [0.4, 0.5) is 0 Å². The van der Waals surface area contributed by atoms with Crippen molar-refractivity contribution in [1.82, 2.24) is 25.2 Å². The number of fused-ring (bicyclic) bond motifs is 1. The number of nitrogens with zero attached hydrogens (tertiary/aromatic N) is 3. The third-order valence-electron chi connectivity index (χ3n) is 3.65. The molecule has 8 heteroatoms. The molecular weight excluding hydrogens is 334 g/mol. The molecule has 0 unspecified atom stereocenters. The molecule has 2 aromatic heterocycles. The van der Waals surface area contributed by atoms with Crippen molar-refractivity contribution in [2.45, 2.75) is 13.5 Å². The summed E-state index contributed by atoms with van der Waals surface area (Å²) < 4.78 is 7.14. The zero-order chi connectivity index (χ0) is 18.4. The average Bonchev–Trinajstić information content (AvgIpc) is 3.13. The SMILES string of the molecule is CCNC(=O)COc1cccc(CNC(=O)c2ccc3nncn3c2)c1. The molecule has 3 rings (SSSR count). The Kier molecular flexibility index (Phi) is 5.43. The van der Waals surface area contributed by atoms with E-state index in [1.54, 1.807) is 41.2 Å². The number of amides is 2. The number of hydrogen-bond acceptors (Lipinski definition) is 5. The topological polar surface area (TPSA) is 97.6 Å². The molecule has 0 radical (unpaired) electrons. The summed E-state index contributed by atoms with van der Waals surface area (Å²) in [5.74, 6) is 0.207. The third-order valence-corrected chi connectivity index (χ3v) is 3.65. The zero-order valence-electron chi connectivity index (χ0n) is 14.3. The second kappa shape index (κ2) is 8.11. The fraction of sp³-hybridized carbons (Fsp3) is 0.222. The molecule has 0 aliphatic carbocycles. The van der Waals surface area contributed by atoms with E-state index in [4.69, 9.17) is 4.74 Å². The van der Waals surface area contributed by atoms with Crippen LogP contribution in [0.2, 0.25) is 0 Å². The van der Waals surface area contributed by atoms with E-state index in [9.17, 15) is 9.59 Å². The Hall–Kier alpha value is -3.42. The largest absolute Gasteiger partial charge is 0.484 e. The molecule has 0 saturated heterocycles. The van der Waals surface area contributed by atoms with E-state index < -0.39 is 0 Å². The Morgan fingerprint density at radius 1 is 1.19 bits per heavy atom. The molecule has 0 atom stereocenters. The minimum atomic E-state index is -0.200. The third kappa shape index (κ3) is 4.35. The molecule has 0 aliphatic heterocycles. The van der Waals surface area contributed by atoms with Crippen LogP contribution in [0.25, 0.3) is 5.65 Å². The number of carbonyl (C=O) groups excluding carboxylic acids is 2. The smallest absolute Gasteiger partial charge is 0.257 e. The van der Waals surface area contributed by atoms with Gasteiger partial charge in [-0.05, 0) is 36.8 Å². The van der Waals surface area contributed by atoms with E-state index in [1.165, 1.54) is 0 Å². The first-order valence-electron chi connectivity index (χ1n) is 8.21. The van der Waals surface area contributed by atoms with Gasteiger partial charge in [-0.3, -0.25) is 14.0 Å². The van der Waals surface area contributed by atoms with Gasteiger partial charge in [0.05, 0.1) is 5.56 Å². The van der Waals surface area contributed by atoms with E-state index in [1.807, 2.05) is 19.1 Å². The van der Waals surface area contributed by atoms with Crippen molar-refractivity contribution in [3.63, 3.8) is 0 Å². The van der Waals surface area contributed by atoms with E-state index in [-0.39, 0.29) is 18.4 Å². The summed E-state index contributed by atoms with van der Waals surface area (Å²) in [6, 6.07) is 10.7. The molecule has 3 aromatic rings. The molecule has 2 N–H and O–H groups in total. The van der Waals surface area contributed by atoms with Crippen LogP contribution in [0.5, 0.6) is 5.75 Å². The molecule has 26 heavy (non-hydrogen) atoms. The molecule has 0 aliphatic rings. The molecule has 0 saturated carbocycles.